The molecule has 18 heavy (non-hydrogen) atoms. The number of anilines is 1. The molecule has 2 aromatic heterocycles. The largest absolute Gasteiger partial charge is 0.431 e. The summed E-state index contributed by atoms with van der Waals surface area (Å²) in [4.78, 5) is 8.38. The van der Waals surface area contributed by atoms with E-state index < -0.39 is 0 Å². The summed E-state index contributed by atoms with van der Waals surface area (Å²) in [5.74, 6) is 0.810. The molecule has 3 rings (SSSR count). The molecular weight excluding hydrogens is 246 g/mol. The molecule has 0 radical (unpaired) electrons. The zero-order valence-electron chi connectivity index (χ0n) is 9.54. The van der Waals surface area contributed by atoms with Gasteiger partial charge in [-0.15, -0.1) is 0 Å². The van der Waals surface area contributed by atoms with Gasteiger partial charge in [-0.1, -0.05) is 11.8 Å². The monoisotopic (exact) mass is 257 g/mol. The van der Waals surface area contributed by atoms with Crippen LogP contribution in [0.3, 0.4) is 0 Å². The van der Waals surface area contributed by atoms with Gasteiger partial charge in [0.05, 0.1) is 0 Å². The van der Waals surface area contributed by atoms with Gasteiger partial charge in [0.15, 0.2) is 5.58 Å². The first-order valence-corrected chi connectivity index (χ1v) is 6.47. The summed E-state index contributed by atoms with van der Waals surface area (Å²) in [5, 5.41) is 0.660. The van der Waals surface area contributed by atoms with Crippen molar-refractivity contribution in [2.24, 2.45) is 0 Å². The first-order valence-electron chi connectivity index (χ1n) is 5.49. The number of oxazole rings is 1. The van der Waals surface area contributed by atoms with Crippen LogP contribution in [0.1, 0.15) is 5.56 Å². The molecule has 2 N–H and O–H groups in total. The molecule has 1 aromatic carbocycles. The average Bonchev–Trinajstić information content (AvgIpc) is 2.79. The molecule has 0 aliphatic rings. The van der Waals surface area contributed by atoms with Gasteiger partial charge in [-0.3, -0.25) is 4.98 Å². The van der Waals surface area contributed by atoms with Crippen molar-refractivity contribution in [3.05, 3.63) is 48.3 Å². The highest BCUT2D eigenvalue weighted by Gasteiger charge is 2.06. The molecule has 0 fully saturated rings. The Morgan fingerprint density at radius 1 is 1.17 bits per heavy atom. The molecule has 5 heteroatoms. The Kier molecular flexibility index (Phi) is 2.90. The second-order valence-corrected chi connectivity index (χ2v) is 4.78. The van der Waals surface area contributed by atoms with Gasteiger partial charge in [-0.05, 0) is 29.8 Å². The molecule has 4 nitrogen and oxygen atoms in total. The van der Waals surface area contributed by atoms with Gasteiger partial charge < -0.3 is 10.2 Å². The van der Waals surface area contributed by atoms with Gasteiger partial charge in [0.2, 0.25) is 0 Å². The average molecular weight is 257 g/mol. The van der Waals surface area contributed by atoms with E-state index in [9.17, 15) is 0 Å². The molecule has 3 aromatic rings. The summed E-state index contributed by atoms with van der Waals surface area (Å²) in [6.07, 6.45) is 3.56. The van der Waals surface area contributed by atoms with Crippen LogP contribution >= 0.6 is 11.8 Å². The van der Waals surface area contributed by atoms with Crippen LogP contribution in [0.2, 0.25) is 0 Å². The van der Waals surface area contributed by atoms with Crippen LogP contribution in [0.25, 0.3) is 11.1 Å². The lowest BCUT2D eigenvalue weighted by Crippen LogP contribution is -1.81. The lowest BCUT2D eigenvalue weighted by atomic mass is 10.3. The van der Waals surface area contributed by atoms with E-state index in [4.69, 9.17) is 10.2 Å². The molecule has 0 atom stereocenters. The highest BCUT2D eigenvalue weighted by atomic mass is 32.2. The number of rotatable bonds is 3. The maximum atomic E-state index is 5.70. The Morgan fingerprint density at radius 2 is 2.00 bits per heavy atom. The summed E-state index contributed by atoms with van der Waals surface area (Å²) in [5.41, 5.74) is 9.14. The smallest absolute Gasteiger partial charge is 0.257 e. The fraction of sp³-hybridized carbons (Fsp3) is 0.0769. The molecule has 0 unspecified atom stereocenters. The summed E-state index contributed by atoms with van der Waals surface area (Å²) in [6, 6.07) is 9.44. The van der Waals surface area contributed by atoms with E-state index in [1.54, 1.807) is 30.2 Å². The number of nitrogens with zero attached hydrogens (tertiary/aromatic N) is 2. The maximum absolute atomic E-state index is 5.70. The van der Waals surface area contributed by atoms with Gasteiger partial charge in [0, 0.05) is 29.9 Å². The summed E-state index contributed by atoms with van der Waals surface area (Å²) in [7, 11) is 0. The minimum atomic E-state index is 0.660. The lowest BCUT2D eigenvalue weighted by Gasteiger charge is -1.96. The minimum Gasteiger partial charge on any atom is -0.431 e. The summed E-state index contributed by atoms with van der Waals surface area (Å²) in [6.45, 7) is 0. The van der Waals surface area contributed by atoms with E-state index in [0.29, 0.717) is 10.9 Å². The molecule has 0 saturated heterocycles. The Morgan fingerprint density at radius 3 is 2.83 bits per heavy atom. The Balaban J connectivity index is 1.79. The zero-order valence-corrected chi connectivity index (χ0v) is 10.4. The first-order chi connectivity index (χ1) is 8.81. The highest BCUT2D eigenvalue weighted by molar-refractivity contribution is 7.98. The number of aromatic nitrogens is 2. The van der Waals surface area contributed by atoms with E-state index in [1.807, 2.05) is 24.3 Å². The van der Waals surface area contributed by atoms with Crippen LogP contribution in [0.4, 0.5) is 5.69 Å². The number of thioether (sulfide) groups is 1. The number of nitrogens with two attached hydrogens (primary N) is 1. The van der Waals surface area contributed by atoms with Crippen molar-refractivity contribution in [1.82, 2.24) is 9.97 Å². The van der Waals surface area contributed by atoms with Crippen molar-refractivity contribution in [1.29, 1.82) is 0 Å². The fourth-order valence-corrected chi connectivity index (χ4v) is 2.40. The van der Waals surface area contributed by atoms with Crippen LogP contribution in [-0.4, -0.2) is 9.97 Å². The van der Waals surface area contributed by atoms with E-state index in [0.717, 1.165) is 16.9 Å². The molecule has 90 valence electrons. The van der Waals surface area contributed by atoms with Crippen molar-refractivity contribution < 1.29 is 4.42 Å². The molecule has 0 aliphatic heterocycles. The third-order valence-corrected chi connectivity index (χ3v) is 3.40. The van der Waals surface area contributed by atoms with Crippen LogP contribution in [0, 0.1) is 0 Å². The van der Waals surface area contributed by atoms with Gasteiger partial charge in [-0.25, -0.2) is 4.98 Å². The van der Waals surface area contributed by atoms with Gasteiger partial charge >= 0.3 is 0 Å². The molecule has 0 amide bonds. The predicted octanol–water partition coefficient (Wildman–Crippen LogP) is 3.10. The van der Waals surface area contributed by atoms with Gasteiger partial charge in [0.25, 0.3) is 5.22 Å². The van der Waals surface area contributed by atoms with E-state index in [1.165, 1.54) is 5.56 Å². The van der Waals surface area contributed by atoms with Crippen molar-refractivity contribution in [2.75, 3.05) is 5.73 Å². The molecule has 0 saturated carbocycles. The summed E-state index contributed by atoms with van der Waals surface area (Å²) < 4.78 is 5.63. The van der Waals surface area contributed by atoms with Crippen molar-refractivity contribution in [3.63, 3.8) is 0 Å². The highest BCUT2D eigenvalue weighted by Crippen LogP contribution is 2.26. The maximum Gasteiger partial charge on any atom is 0.257 e. The SMILES string of the molecule is Nc1ccc2nc(SCc3ccncc3)oc2c1. The molecule has 0 bridgehead atoms. The third kappa shape index (κ3) is 2.31. The second-order valence-electron chi connectivity index (χ2n) is 3.85. The Labute approximate surface area is 108 Å². The summed E-state index contributed by atoms with van der Waals surface area (Å²) >= 11 is 1.56. The van der Waals surface area contributed by atoms with E-state index >= 15 is 0 Å². The Bertz CT molecular complexity index is 666. The number of hydrogen-bond donors (Lipinski definition) is 1. The van der Waals surface area contributed by atoms with Crippen molar-refractivity contribution in [3.8, 4) is 0 Å². The predicted molar refractivity (Wildman–Crippen MR) is 72.2 cm³/mol. The topological polar surface area (TPSA) is 64.9 Å². The van der Waals surface area contributed by atoms with Crippen molar-refractivity contribution in [2.45, 2.75) is 11.0 Å². The number of fused-ring (bicyclic) bond motifs is 1. The standard InChI is InChI=1S/C13H11N3OS/c14-10-1-2-11-12(7-10)17-13(16-11)18-8-9-3-5-15-6-4-9/h1-7H,8,14H2. The lowest BCUT2D eigenvalue weighted by molar-refractivity contribution is 0.489. The van der Waals surface area contributed by atoms with Crippen LogP contribution in [0.5, 0.6) is 0 Å². The third-order valence-electron chi connectivity index (χ3n) is 2.50. The fourth-order valence-electron chi connectivity index (χ4n) is 1.61. The minimum absolute atomic E-state index is 0.660. The molecule has 0 spiro atoms. The van der Waals surface area contributed by atoms with E-state index in [-0.39, 0.29) is 0 Å². The number of pyridine rings is 1. The van der Waals surface area contributed by atoms with Crippen LogP contribution < -0.4 is 5.73 Å². The number of benzene rings is 1. The first kappa shape index (κ1) is 11.1. The van der Waals surface area contributed by atoms with Crippen LogP contribution in [-0.2, 0) is 5.75 Å². The van der Waals surface area contributed by atoms with Gasteiger partial charge in [-0.2, -0.15) is 0 Å². The van der Waals surface area contributed by atoms with Gasteiger partial charge in [0.1, 0.15) is 5.52 Å². The molecule has 0 aliphatic carbocycles. The quantitative estimate of drug-likeness (QED) is 0.577. The van der Waals surface area contributed by atoms with Crippen LogP contribution in [0.15, 0.2) is 52.4 Å². The Hall–Kier alpha value is -2.01. The molecular formula is C13H11N3OS. The zero-order chi connectivity index (χ0) is 12.4. The molecule has 2 heterocycles. The normalized spacial score (nSPS) is 10.9. The van der Waals surface area contributed by atoms with Crippen molar-refractivity contribution >= 4 is 28.5 Å². The van der Waals surface area contributed by atoms with E-state index in [2.05, 4.69) is 9.97 Å². The second kappa shape index (κ2) is 4.70. The number of hydrogen-bond acceptors (Lipinski definition) is 5. The number of nitrogen functional groups attached to an aromatic ring is 1.